The highest BCUT2D eigenvalue weighted by Gasteiger charge is 2.28. The first-order valence-corrected chi connectivity index (χ1v) is 13.1. The van der Waals surface area contributed by atoms with Gasteiger partial charge >= 0.3 is 6.18 Å². The minimum Gasteiger partial charge on any atom is -0.360 e. The average molecular weight is 547 g/mol. The molecule has 38 heavy (non-hydrogen) atoms. The van der Waals surface area contributed by atoms with E-state index >= 15 is 0 Å². The summed E-state index contributed by atoms with van der Waals surface area (Å²) in [4.78, 5) is 20.6. The molecule has 200 valence electrons. The molecular weight excluding hydrogens is 521 g/mol. The van der Waals surface area contributed by atoms with Gasteiger partial charge in [0, 0.05) is 24.0 Å². The number of nitrogens with zero attached hydrogens (tertiary/aromatic N) is 3. The molecule has 9 nitrogen and oxygen atoms in total. The predicted octanol–water partition coefficient (Wildman–Crippen LogP) is 4.83. The number of halogens is 3. The number of rotatable bonds is 9. The molecule has 3 N–H and O–H groups in total. The first kappa shape index (κ1) is 26.9. The van der Waals surface area contributed by atoms with Crippen LogP contribution >= 0.6 is 0 Å². The summed E-state index contributed by atoms with van der Waals surface area (Å²) >= 11 is 0. The standard InChI is InChI=1S/C25H25F3N6O3S/c1-3-13-29-23(35)17-6-8-18(9-7-17)31-24-32-21(30-15-25(26,27)28)20-12-14-34(22(20)33-24)38(36,37)19-10-4-16(2)5-11-19/h4-12,14H,3,13,15H2,1-2H3,(H,29,35)(H2,30,31,32,33). The van der Waals surface area contributed by atoms with Crippen LogP contribution in [-0.4, -0.2) is 47.5 Å². The molecule has 1 amide bonds. The number of anilines is 3. The van der Waals surface area contributed by atoms with Crippen molar-refractivity contribution in [3.63, 3.8) is 0 Å². The maximum atomic E-state index is 13.3. The Morgan fingerprint density at radius 3 is 2.32 bits per heavy atom. The van der Waals surface area contributed by atoms with Crippen molar-refractivity contribution >= 4 is 44.4 Å². The molecular formula is C25H25F3N6O3S. The lowest BCUT2D eigenvalue weighted by molar-refractivity contribution is -0.115. The van der Waals surface area contributed by atoms with E-state index in [2.05, 4.69) is 25.9 Å². The lowest BCUT2D eigenvalue weighted by atomic mass is 10.2. The van der Waals surface area contributed by atoms with Crippen molar-refractivity contribution in [2.75, 3.05) is 23.7 Å². The smallest absolute Gasteiger partial charge is 0.360 e. The van der Waals surface area contributed by atoms with Crippen molar-refractivity contribution in [2.24, 2.45) is 0 Å². The number of fused-ring (bicyclic) bond motifs is 1. The zero-order chi connectivity index (χ0) is 27.5. The van der Waals surface area contributed by atoms with Crippen LogP contribution in [0.2, 0.25) is 0 Å². The lowest BCUT2D eigenvalue weighted by Crippen LogP contribution is -2.23. The number of nitrogens with one attached hydrogen (secondary N) is 3. The third kappa shape index (κ3) is 6.05. The molecule has 13 heteroatoms. The SMILES string of the molecule is CCCNC(=O)c1ccc(Nc2nc(NCC(F)(F)F)c3ccn(S(=O)(=O)c4ccc(C)cc4)c3n2)cc1. The zero-order valence-electron chi connectivity index (χ0n) is 20.5. The van der Waals surface area contributed by atoms with Gasteiger partial charge in [0.1, 0.15) is 12.4 Å². The van der Waals surface area contributed by atoms with Gasteiger partial charge in [-0.3, -0.25) is 4.79 Å². The Bertz CT molecular complexity index is 1550. The molecule has 2 aromatic carbocycles. The summed E-state index contributed by atoms with van der Waals surface area (Å²) < 4.78 is 66.5. The molecule has 0 saturated carbocycles. The molecule has 0 spiro atoms. The molecule has 0 saturated heterocycles. The molecule has 0 bridgehead atoms. The van der Waals surface area contributed by atoms with Gasteiger partial charge in [-0.2, -0.15) is 23.1 Å². The topological polar surface area (TPSA) is 118 Å². The van der Waals surface area contributed by atoms with Crippen LogP contribution in [0.4, 0.5) is 30.6 Å². The van der Waals surface area contributed by atoms with Gasteiger partial charge in [0.2, 0.25) is 5.95 Å². The first-order chi connectivity index (χ1) is 18.0. The Labute approximate surface area is 217 Å². The molecule has 0 unspecified atom stereocenters. The van der Waals surface area contributed by atoms with Gasteiger partial charge in [-0.15, -0.1) is 0 Å². The van der Waals surface area contributed by atoms with E-state index in [0.717, 1.165) is 16.0 Å². The van der Waals surface area contributed by atoms with Crippen molar-refractivity contribution < 1.29 is 26.4 Å². The van der Waals surface area contributed by atoms with Gasteiger partial charge < -0.3 is 16.0 Å². The monoisotopic (exact) mass is 546 g/mol. The maximum absolute atomic E-state index is 13.3. The van der Waals surface area contributed by atoms with Gasteiger partial charge in [0.05, 0.1) is 10.3 Å². The third-order valence-corrected chi connectivity index (χ3v) is 7.16. The fourth-order valence-corrected chi connectivity index (χ4v) is 4.85. The molecule has 4 rings (SSSR count). The van der Waals surface area contributed by atoms with E-state index in [-0.39, 0.29) is 33.6 Å². The fourth-order valence-electron chi connectivity index (χ4n) is 3.56. The number of hydrogen-bond donors (Lipinski definition) is 3. The van der Waals surface area contributed by atoms with Crippen molar-refractivity contribution in [1.82, 2.24) is 19.3 Å². The van der Waals surface area contributed by atoms with Gasteiger partial charge in [-0.25, -0.2) is 12.4 Å². The predicted molar refractivity (Wildman–Crippen MR) is 138 cm³/mol. The number of carbonyl (C=O) groups excluding carboxylic acids is 1. The Morgan fingerprint density at radius 2 is 1.68 bits per heavy atom. The largest absolute Gasteiger partial charge is 0.405 e. The van der Waals surface area contributed by atoms with E-state index in [4.69, 9.17) is 0 Å². The number of aryl methyl sites for hydroxylation is 1. The van der Waals surface area contributed by atoms with E-state index < -0.39 is 22.7 Å². The Kier molecular flexibility index (Phi) is 7.58. The quantitative estimate of drug-likeness (QED) is 0.275. The van der Waals surface area contributed by atoms with E-state index in [1.54, 1.807) is 36.4 Å². The van der Waals surface area contributed by atoms with Crippen LogP contribution in [0.5, 0.6) is 0 Å². The van der Waals surface area contributed by atoms with Gasteiger partial charge in [0.25, 0.3) is 15.9 Å². The van der Waals surface area contributed by atoms with Crippen LogP contribution < -0.4 is 16.0 Å². The van der Waals surface area contributed by atoms with Crippen LogP contribution in [0, 0.1) is 6.92 Å². The maximum Gasteiger partial charge on any atom is 0.405 e. The van der Waals surface area contributed by atoms with E-state index in [1.807, 2.05) is 13.8 Å². The summed E-state index contributed by atoms with van der Waals surface area (Å²) in [6.45, 7) is 2.90. The second kappa shape index (κ2) is 10.7. The van der Waals surface area contributed by atoms with Crippen LogP contribution in [-0.2, 0) is 10.0 Å². The Balaban J connectivity index is 1.73. The second-order valence-electron chi connectivity index (χ2n) is 8.49. The number of carbonyl (C=O) groups is 1. The fraction of sp³-hybridized carbons (Fsp3) is 0.240. The number of alkyl halides is 3. The summed E-state index contributed by atoms with van der Waals surface area (Å²) in [5, 5.41) is 7.96. The van der Waals surface area contributed by atoms with Crippen molar-refractivity contribution in [3.05, 3.63) is 71.9 Å². The molecule has 0 aliphatic heterocycles. The highest BCUT2D eigenvalue weighted by molar-refractivity contribution is 7.90. The Hall–Kier alpha value is -4.13. The van der Waals surface area contributed by atoms with Crippen LogP contribution in [0.1, 0.15) is 29.3 Å². The molecule has 4 aromatic rings. The summed E-state index contributed by atoms with van der Waals surface area (Å²) in [5.74, 6) is -0.568. The highest BCUT2D eigenvalue weighted by Crippen LogP contribution is 2.29. The van der Waals surface area contributed by atoms with Crippen LogP contribution in [0.3, 0.4) is 0 Å². The number of amides is 1. The lowest BCUT2D eigenvalue weighted by Gasteiger charge is -2.13. The van der Waals surface area contributed by atoms with Gasteiger partial charge in [0.15, 0.2) is 5.65 Å². The minimum atomic E-state index is -4.53. The first-order valence-electron chi connectivity index (χ1n) is 11.6. The summed E-state index contributed by atoms with van der Waals surface area (Å²) in [6.07, 6.45) is -2.52. The average Bonchev–Trinajstić information content (AvgIpc) is 3.31. The van der Waals surface area contributed by atoms with Crippen LogP contribution in [0.15, 0.2) is 65.7 Å². The summed E-state index contributed by atoms with van der Waals surface area (Å²) in [7, 11) is -4.11. The molecule has 2 heterocycles. The molecule has 0 aliphatic carbocycles. The van der Waals surface area contributed by atoms with Gasteiger partial charge in [-0.1, -0.05) is 24.6 Å². The molecule has 0 aliphatic rings. The second-order valence-corrected chi connectivity index (χ2v) is 10.3. The van der Waals surface area contributed by atoms with Crippen LogP contribution in [0.25, 0.3) is 11.0 Å². The number of benzene rings is 2. The molecule has 0 fully saturated rings. The number of hydrogen-bond acceptors (Lipinski definition) is 7. The van der Waals surface area contributed by atoms with Crippen molar-refractivity contribution in [3.8, 4) is 0 Å². The van der Waals surface area contributed by atoms with Gasteiger partial charge in [-0.05, 0) is 55.8 Å². The molecule has 0 atom stereocenters. The molecule has 0 radical (unpaired) electrons. The Morgan fingerprint density at radius 1 is 1.00 bits per heavy atom. The van der Waals surface area contributed by atoms with Crippen molar-refractivity contribution in [2.45, 2.75) is 31.3 Å². The van der Waals surface area contributed by atoms with Crippen molar-refractivity contribution in [1.29, 1.82) is 0 Å². The zero-order valence-corrected chi connectivity index (χ0v) is 21.3. The number of aromatic nitrogens is 3. The summed E-state index contributed by atoms with van der Waals surface area (Å²) in [5.41, 5.74) is 1.62. The third-order valence-electron chi connectivity index (χ3n) is 5.48. The molecule has 2 aromatic heterocycles. The normalized spacial score (nSPS) is 11.9. The van der Waals surface area contributed by atoms with E-state index in [0.29, 0.717) is 17.8 Å². The minimum absolute atomic E-state index is 0.00420. The highest BCUT2D eigenvalue weighted by atomic mass is 32.2. The summed E-state index contributed by atoms with van der Waals surface area (Å²) in [6, 6.07) is 13.8. The van der Waals surface area contributed by atoms with E-state index in [9.17, 15) is 26.4 Å². The van der Waals surface area contributed by atoms with E-state index in [1.165, 1.54) is 24.4 Å².